The van der Waals surface area contributed by atoms with Gasteiger partial charge in [-0.1, -0.05) is 5.16 Å². The molecule has 0 bridgehead atoms. The molecule has 0 amide bonds. The zero-order valence-electron chi connectivity index (χ0n) is 10.6. The minimum Gasteiger partial charge on any atom is -0.409 e. The average molecular weight is 230 g/mol. The molecule has 0 spiro atoms. The van der Waals surface area contributed by atoms with Crippen molar-refractivity contribution in [3.63, 3.8) is 0 Å². The first-order chi connectivity index (χ1) is 7.66. The van der Waals surface area contributed by atoms with E-state index in [-0.39, 0.29) is 0 Å². The van der Waals surface area contributed by atoms with Crippen molar-refractivity contribution in [2.75, 3.05) is 33.7 Å². The lowest BCUT2D eigenvalue weighted by molar-refractivity contribution is 0.316. The summed E-state index contributed by atoms with van der Waals surface area (Å²) in [5.41, 5.74) is 5.36. The average Bonchev–Trinajstić information content (AvgIpc) is 2.26. The largest absolute Gasteiger partial charge is 0.409 e. The quantitative estimate of drug-likeness (QED) is 0.171. The fourth-order valence-corrected chi connectivity index (χ4v) is 1.41. The summed E-state index contributed by atoms with van der Waals surface area (Å²) in [5.74, 6) is 0.325. The summed E-state index contributed by atoms with van der Waals surface area (Å²) in [5, 5.41) is 14.6. The van der Waals surface area contributed by atoms with E-state index in [0.717, 1.165) is 32.5 Å². The first kappa shape index (κ1) is 15.2. The van der Waals surface area contributed by atoms with Crippen molar-refractivity contribution in [3.8, 4) is 0 Å². The lowest BCUT2D eigenvalue weighted by atomic mass is 10.2. The van der Waals surface area contributed by atoms with Crippen LogP contribution in [0.5, 0.6) is 0 Å². The molecule has 0 saturated heterocycles. The minimum atomic E-state index is 0.325. The van der Waals surface area contributed by atoms with Gasteiger partial charge in [0.2, 0.25) is 0 Å². The third-order valence-electron chi connectivity index (χ3n) is 2.37. The molecule has 0 aromatic rings. The van der Waals surface area contributed by atoms with Gasteiger partial charge in [0.15, 0.2) is 0 Å². The SMILES string of the molecule is CN(C)CCCCNCCCCC(N)=NO. The Balaban J connectivity index is 3.04. The Labute approximate surface area is 98.7 Å². The molecule has 0 radical (unpaired) electrons. The van der Waals surface area contributed by atoms with Crippen molar-refractivity contribution in [3.05, 3.63) is 0 Å². The molecule has 4 N–H and O–H groups in total. The monoisotopic (exact) mass is 230 g/mol. The fourth-order valence-electron chi connectivity index (χ4n) is 1.41. The van der Waals surface area contributed by atoms with E-state index in [1.807, 2.05) is 0 Å². The number of nitrogens with zero attached hydrogens (tertiary/aromatic N) is 2. The van der Waals surface area contributed by atoms with E-state index in [1.54, 1.807) is 0 Å². The summed E-state index contributed by atoms with van der Waals surface area (Å²) in [4.78, 5) is 2.21. The van der Waals surface area contributed by atoms with Crippen LogP contribution in [0.4, 0.5) is 0 Å². The molecule has 5 heteroatoms. The van der Waals surface area contributed by atoms with Crippen molar-refractivity contribution in [1.82, 2.24) is 10.2 Å². The normalized spacial score (nSPS) is 12.3. The van der Waals surface area contributed by atoms with Gasteiger partial charge in [0.05, 0.1) is 0 Å². The molecule has 0 saturated carbocycles. The number of oxime groups is 1. The van der Waals surface area contributed by atoms with Crippen LogP contribution in [0.2, 0.25) is 0 Å². The molecule has 0 fully saturated rings. The molecule has 0 aliphatic rings. The standard InChI is InChI=1S/C11H26N4O/c1-15(2)10-6-5-9-13-8-4-3-7-11(12)14-16/h13,16H,3-10H2,1-2H3,(H2,12,14). The number of amidine groups is 1. The van der Waals surface area contributed by atoms with E-state index in [9.17, 15) is 0 Å². The molecule has 0 rings (SSSR count). The van der Waals surface area contributed by atoms with E-state index in [2.05, 4.69) is 29.5 Å². The minimum absolute atomic E-state index is 0.325. The van der Waals surface area contributed by atoms with Crippen LogP contribution in [0.3, 0.4) is 0 Å². The predicted octanol–water partition coefficient (Wildman–Crippen LogP) is 0.835. The molecular formula is C11H26N4O. The topological polar surface area (TPSA) is 73.9 Å². The Bertz CT molecular complexity index is 183. The van der Waals surface area contributed by atoms with Gasteiger partial charge in [0.25, 0.3) is 0 Å². The van der Waals surface area contributed by atoms with Gasteiger partial charge in [-0.3, -0.25) is 0 Å². The van der Waals surface area contributed by atoms with Crippen LogP contribution in [0.1, 0.15) is 32.1 Å². The van der Waals surface area contributed by atoms with Crippen LogP contribution in [0.25, 0.3) is 0 Å². The second kappa shape index (κ2) is 10.7. The van der Waals surface area contributed by atoms with Gasteiger partial charge in [-0.15, -0.1) is 0 Å². The zero-order valence-corrected chi connectivity index (χ0v) is 10.6. The maximum Gasteiger partial charge on any atom is 0.139 e. The smallest absolute Gasteiger partial charge is 0.139 e. The summed E-state index contributed by atoms with van der Waals surface area (Å²) in [6.45, 7) is 3.25. The molecule has 5 nitrogen and oxygen atoms in total. The van der Waals surface area contributed by atoms with Gasteiger partial charge in [0.1, 0.15) is 5.84 Å². The van der Waals surface area contributed by atoms with Crippen LogP contribution in [-0.2, 0) is 0 Å². The maximum atomic E-state index is 8.32. The molecule has 0 heterocycles. The maximum absolute atomic E-state index is 8.32. The second-order valence-corrected chi connectivity index (χ2v) is 4.31. The van der Waals surface area contributed by atoms with Gasteiger partial charge in [0, 0.05) is 6.42 Å². The first-order valence-corrected chi connectivity index (χ1v) is 5.98. The number of hydrogen-bond donors (Lipinski definition) is 3. The Morgan fingerprint density at radius 2 is 1.81 bits per heavy atom. The lowest BCUT2D eigenvalue weighted by Crippen LogP contribution is -2.19. The zero-order chi connectivity index (χ0) is 12.2. The summed E-state index contributed by atoms with van der Waals surface area (Å²) >= 11 is 0. The predicted molar refractivity (Wildman–Crippen MR) is 67.9 cm³/mol. The molecule has 96 valence electrons. The summed E-state index contributed by atoms with van der Waals surface area (Å²) in [6, 6.07) is 0. The molecular weight excluding hydrogens is 204 g/mol. The van der Waals surface area contributed by atoms with Crippen molar-refractivity contribution < 1.29 is 5.21 Å². The van der Waals surface area contributed by atoms with Gasteiger partial charge >= 0.3 is 0 Å². The van der Waals surface area contributed by atoms with Crippen molar-refractivity contribution in [2.45, 2.75) is 32.1 Å². The number of nitrogens with one attached hydrogen (secondary N) is 1. The number of rotatable bonds is 10. The third-order valence-corrected chi connectivity index (χ3v) is 2.37. The summed E-state index contributed by atoms with van der Waals surface area (Å²) in [7, 11) is 4.20. The first-order valence-electron chi connectivity index (χ1n) is 5.98. The summed E-state index contributed by atoms with van der Waals surface area (Å²) < 4.78 is 0. The van der Waals surface area contributed by atoms with E-state index in [4.69, 9.17) is 10.9 Å². The van der Waals surface area contributed by atoms with Gasteiger partial charge in [-0.2, -0.15) is 0 Å². The Morgan fingerprint density at radius 3 is 2.38 bits per heavy atom. The van der Waals surface area contributed by atoms with Gasteiger partial charge < -0.3 is 21.2 Å². The van der Waals surface area contributed by atoms with E-state index < -0.39 is 0 Å². The van der Waals surface area contributed by atoms with Crippen molar-refractivity contribution in [2.24, 2.45) is 10.9 Å². The highest BCUT2D eigenvalue weighted by atomic mass is 16.4. The Hall–Kier alpha value is -0.810. The fraction of sp³-hybridized carbons (Fsp3) is 0.909. The van der Waals surface area contributed by atoms with Crippen LogP contribution >= 0.6 is 0 Å². The molecule has 0 aromatic carbocycles. The molecule has 0 unspecified atom stereocenters. The van der Waals surface area contributed by atoms with Crippen LogP contribution < -0.4 is 11.1 Å². The van der Waals surface area contributed by atoms with Crippen LogP contribution in [0, 0.1) is 0 Å². The van der Waals surface area contributed by atoms with Crippen LogP contribution in [-0.4, -0.2) is 49.7 Å². The third kappa shape index (κ3) is 11.3. The molecule has 16 heavy (non-hydrogen) atoms. The Kier molecular flexibility index (Phi) is 10.2. The molecule has 0 atom stereocenters. The van der Waals surface area contributed by atoms with E-state index in [1.165, 1.54) is 12.8 Å². The highest BCUT2D eigenvalue weighted by Crippen LogP contribution is 1.94. The molecule has 0 aliphatic heterocycles. The second-order valence-electron chi connectivity index (χ2n) is 4.31. The van der Waals surface area contributed by atoms with Crippen molar-refractivity contribution in [1.29, 1.82) is 0 Å². The highest BCUT2D eigenvalue weighted by molar-refractivity contribution is 5.79. The molecule has 0 aromatic heterocycles. The number of hydrogen-bond acceptors (Lipinski definition) is 4. The lowest BCUT2D eigenvalue weighted by Gasteiger charge is -2.09. The van der Waals surface area contributed by atoms with E-state index >= 15 is 0 Å². The van der Waals surface area contributed by atoms with Crippen molar-refractivity contribution >= 4 is 5.84 Å². The van der Waals surface area contributed by atoms with Gasteiger partial charge in [-0.05, 0) is 59.4 Å². The molecule has 0 aliphatic carbocycles. The number of unbranched alkanes of at least 4 members (excludes halogenated alkanes) is 2. The Morgan fingerprint density at radius 1 is 1.19 bits per heavy atom. The van der Waals surface area contributed by atoms with E-state index in [0.29, 0.717) is 12.3 Å². The number of nitrogens with two attached hydrogens (primary N) is 1. The summed E-state index contributed by atoms with van der Waals surface area (Å²) in [6.07, 6.45) is 5.19. The highest BCUT2D eigenvalue weighted by Gasteiger charge is 1.94. The van der Waals surface area contributed by atoms with Crippen LogP contribution in [0.15, 0.2) is 5.16 Å². The van der Waals surface area contributed by atoms with Gasteiger partial charge in [-0.25, -0.2) is 0 Å².